The Morgan fingerprint density at radius 1 is 1.08 bits per heavy atom. The van der Waals surface area contributed by atoms with Gasteiger partial charge in [-0.25, -0.2) is 9.69 Å². The average Bonchev–Trinajstić information content (AvgIpc) is 3.54. The number of fused-ring (bicyclic) bond motifs is 6. The van der Waals surface area contributed by atoms with E-state index in [4.69, 9.17) is 0 Å². The van der Waals surface area contributed by atoms with Crippen molar-refractivity contribution in [2.45, 2.75) is 30.7 Å². The van der Waals surface area contributed by atoms with E-state index in [0.29, 0.717) is 17.3 Å². The van der Waals surface area contributed by atoms with Crippen LogP contribution in [0.5, 0.6) is 0 Å². The predicted octanol–water partition coefficient (Wildman–Crippen LogP) is 3.56. The largest absolute Gasteiger partial charge is 0.417 e. The molecule has 11 heteroatoms. The Kier molecular flexibility index (Phi) is 4.60. The number of aromatic nitrogens is 1. The van der Waals surface area contributed by atoms with Gasteiger partial charge in [-0.1, -0.05) is 12.1 Å². The molecular formula is C25H16F3N5O3. The molecule has 0 N–H and O–H groups in total. The Balaban J connectivity index is 1.36. The summed E-state index contributed by atoms with van der Waals surface area (Å²) in [5.74, 6) is -1.38. The molecule has 2 aromatic carbocycles. The molecule has 3 aliphatic rings. The van der Waals surface area contributed by atoms with Crippen molar-refractivity contribution in [3.05, 3.63) is 71.4 Å². The molecule has 3 aliphatic heterocycles. The third-order valence-corrected chi connectivity index (χ3v) is 7.10. The monoisotopic (exact) mass is 491 g/mol. The zero-order chi connectivity index (χ0) is 25.4. The highest BCUT2D eigenvalue weighted by Gasteiger charge is 2.63. The number of imide groups is 1. The predicted molar refractivity (Wildman–Crippen MR) is 120 cm³/mol. The summed E-state index contributed by atoms with van der Waals surface area (Å²) in [7, 11) is 0. The van der Waals surface area contributed by atoms with Crippen LogP contribution in [0.3, 0.4) is 0 Å². The maximum atomic E-state index is 13.6. The number of anilines is 1. The number of carbonyl (C=O) groups excluding carboxylic acids is 3. The van der Waals surface area contributed by atoms with Crippen LogP contribution in [-0.2, 0) is 11.0 Å². The van der Waals surface area contributed by atoms with Crippen molar-refractivity contribution in [2.75, 3.05) is 11.4 Å². The number of hydrogen-bond donors (Lipinski definition) is 0. The third-order valence-electron chi connectivity index (χ3n) is 7.10. The number of pyridine rings is 1. The van der Waals surface area contributed by atoms with Crippen molar-refractivity contribution in [3.63, 3.8) is 0 Å². The Morgan fingerprint density at radius 3 is 2.61 bits per heavy atom. The van der Waals surface area contributed by atoms with Gasteiger partial charge in [0.1, 0.15) is 12.1 Å². The number of hydrogen-bond acceptors (Lipinski definition) is 5. The van der Waals surface area contributed by atoms with Crippen molar-refractivity contribution in [1.29, 1.82) is 5.26 Å². The summed E-state index contributed by atoms with van der Waals surface area (Å²) >= 11 is 0. The number of benzene rings is 2. The minimum absolute atomic E-state index is 0.0364. The summed E-state index contributed by atoms with van der Waals surface area (Å²) in [6, 6.07) is 10.1. The van der Waals surface area contributed by atoms with Crippen molar-refractivity contribution in [2.24, 2.45) is 0 Å². The number of halogens is 3. The van der Waals surface area contributed by atoms with Gasteiger partial charge in [0.2, 0.25) is 0 Å². The molecule has 0 aliphatic carbocycles. The molecule has 8 nitrogen and oxygen atoms in total. The first-order valence-corrected chi connectivity index (χ1v) is 11.1. The summed E-state index contributed by atoms with van der Waals surface area (Å²) in [5.41, 5.74) is -0.632. The lowest BCUT2D eigenvalue weighted by molar-refractivity contribution is -0.138. The molecule has 0 radical (unpaired) electrons. The van der Waals surface area contributed by atoms with E-state index in [1.807, 2.05) is 6.07 Å². The number of nitriles is 1. The minimum Gasteiger partial charge on any atom is -0.331 e. The fourth-order valence-electron chi connectivity index (χ4n) is 5.63. The van der Waals surface area contributed by atoms with Crippen LogP contribution in [0.1, 0.15) is 27.9 Å². The van der Waals surface area contributed by atoms with Gasteiger partial charge in [0.25, 0.3) is 11.8 Å². The fraction of sp³-hybridized carbons (Fsp3) is 0.240. The van der Waals surface area contributed by atoms with E-state index >= 15 is 0 Å². The second-order valence-electron chi connectivity index (χ2n) is 8.91. The molecule has 0 unspecified atom stereocenters. The van der Waals surface area contributed by atoms with Crippen LogP contribution in [0.2, 0.25) is 0 Å². The molecule has 2 bridgehead atoms. The van der Waals surface area contributed by atoms with Gasteiger partial charge in [-0.15, -0.1) is 0 Å². The molecule has 180 valence electrons. The maximum Gasteiger partial charge on any atom is 0.417 e. The van der Waals surface area contributed by atoms with Crippen molar-refractivity contribution in [3.8, 4) is 6.07 Å². The highest BCUT2D eigenvalue weighted by atomic mass is 19.4. The van der Waals surface area contributed by atoms with Crippen LogP contribution in [0.4, 0.5) is 23.7 Å². The van der Waals surface area contributed by atoms with Crippen LogP contribution < -0.4 is 4.90 Å². The van der Waals surface area contributed by atoms with Crippen molar-refractivity contribution < 1.29 is 27.6 Å². The molecule has 0 saturated carbocycles. The van der Waals surface area contributed by atoms with E-state index in [-0.39, 0.29) is 17.8 Å². The topological polar surface area (TPSA) is 97.6 Å². The maximum absolute atomic E-state index is 13.6. The van der Waals surface area contributed by atoms with E-state index in [9.17, 15) is 32.8 Å². The van der Waals surface area contributed by atoms with Crippen LogP contribution >= 0.6 is 0 Å². The number of urea groups is 1. The molecule has 3 saturated heterocycles. The number of rotatable bonds is 2. The molecule has 0 spiro atoms. The van der Waals surface area contributed by atoms with E-state index < -0.39 is 53.3 Å². The molecule has 4 heterocycles. The first-order chi connectivity index (χ1) is 17.2. The highest BCUT2D eigenvalue weighted by Crippen LogP contribution is 2.44. The lowest BCUT2D eigenvalue weighted by Crippen LogP contribution is -2.55. The normalized spacial score (nSPS) is 22.9. The van der Waals surface area contributed by atoms with E-state index in [2.05, 4.69) is 4.98 Å². The van der Waals surface area contributed by atoms with Crippen molar-refractivity contribution >= 4 is 34.4 Å². The standard InChI is InChI=1S/C25H16F3N5O3/c26-25(27,28)17-6-2-1-4-15(17)22(34)31-12-14-10-19(31)21-23(35)33(24(36)32(14)21)18-8-7-13(11-29)20-16(18)5-3-9-30-20/h1-9,14,19,21H,10,12H2/t14-,19-,21-/m0/s1. The second kappa shape index (κ2) is 7.52. The summed E-state index contributed by atoms with van der Waals surface area (Å²) in [6.07, 6.45) is -2.90. The van der Waals surface area contributed by atoms with E-state index in [1.165, 1.54) is 40.3 Å². The van der Waals surface area contributed by atoms with E-state index in [1.54, 1.807) is 12.1 Å². The molecule has 1 aromatic heterocycles. The Morgan fingerprint density at radius 2 is 1.86 bits per heavy atom. The minimum atomic E-state index is -4.71. The van der Waals surface area contributed by atoms with Gasteiger partial charge in [-0.2, -0.15) is 18.4 Å². The molecular weight excluding hydrogens is 475 g/mol. The van der Waals surface area contributed by atoms with Gasteiger partial charge in [0.15, 0.2) is 0 Å². The first-order valence-electron chi connectivity index (χ1n) is 11.1. The second-order valence-corrected chi connectivity index (χ2v) is 8.91. The number of amides is 4. The molecule has 36 heavy (non-hydrogen) atoms. The lowest BCUT2D eigenvalue weighted by Gasteiger charge is -2.35. The lowest BCUT2D eigenvalue weighted by atomic mass is 10.0. The smallest absolute Gasteiger partial charge is 0.331 e. The Bertz CT molecular complexity index is 1510. The zero-order valence-corrected chi connectivity index (χ0v) is 18.4. The summed E-state index contributed by atoms with van der Waals surface area (Å²) in [5, 5.41) is 9.84. The molecule has 3 atom stereocenters. The molecule has 3 aromatic rings. The average molecular weight is 491 g/mol. The first kappa shape index (κ1) is 22.0. The van der Waals surface area contributed by atoms with Crippen LogP contribution in [-0.4, -0.2) is 57.3 Å². The van der Waals surface area contributed by atoms with Crippen LogP contribution in [0, 0.1) is 11.3 Å². The van der Waals surface area contributed by atoms with Crippen LogP contribution in [0.15, 0.2) is 54.7 Å². The molecule has 6 rings (SSSR count). The molecule has 4 amide bonds. The van der Waals surface area contributed by atoms with Gasteiger partial charge >= 0.3 is 12.2 Å². The van der Waals surface area contributed by atoms with E-state index in [0.717, 1.165) is 17.0 Å². The Hall–Kier alpha value is -4.46. The number of likely N-dealkylation sites (tertiary alicyclic amines) is 1. The summed E-state index contributed by atoms with van der Waals surface area (Å²) in [6.45, 7) is 0.0364. The number of piperazine rings is 1. The highest BCUT2D eigenvalue weighted by molar-refractivity contribution is 6.25. The Labute approximate surface area is 202 Å². The number of alkyl halides is 3. The van der Waals surface area contributed by atoms with Gasteiger partial charge in [0, 0.05) is 18.1 Å². The summed E-state index contributed by atoms with van der Waals surface area (Å²) < 4.78 is 40.6. The SMILES string of the molecule is N#Cc1ccc(N2C(=O)[C@@H]3[C@@H]4C[C@@H](CN4C(=O)c4ccccc4C(F)(F)F)N3C2=O)c2cccnc12. The molecule has 3 fully saturated rings. The quantitative estimate of drug-likeness (QED) is 0.511. The van der Waals surface area contributed by atoms with Gasteiger partial charge in [-0.05, 0) is 42.8 Å². The van der Waals surface area contributed by atoms with Gasteiger partial charge < -0.3 is 9.80 Å². The van der Waals surface area contributed by atoms with Crippen LogP contribution in [0.25, 0.3) is 10.9 Å². The zero-order valence-electron chi connectivity index (χ0n) is 18.4. The van der Waals surface area contributed by atoms with Gasteiger partial charge in [0.05, 0.1) is 40.0 Å². The van der Waals surface area contributed by atoms with Gasteiger partial charge in [-0.3, -0.25) is 14.6 Å². The van der Waals surface area contributed by atoms with Crippen molar-refractivity contribution in [1.82, 2.24) is 14.8 Å². The number of carbonyl (C=O) groups is 3. The fourth-order valence-corrected chi connectivity index (χ4v) is 5.63. The summed E-state index contributed by atoms with van der Waals surface area (Å²) in [4.78, 5) is 48.2. The number of nitrogens with zero attached hydrogens (tertiary/aromatic N) is 5. The third kappa shape index (κ3) is 2.94.